The first-order valence-corrected chi connectivity index (χ1v) is 10.0. The summed E-state index contributed by atoms with van der Waals surface area (Å²) in [5.74, 6) is -0.541. The fraction of sp³-hybridized carbons (Fsp3) is 0.250. The van der Waals surface area contributed by atoms with E-state index in [1.807, 2.05) is 36.4 Å². The van der Waals surface area contributed by atoms with Gasteiger partial charge in [-0.2, -0.15) is 4.31 Å². The van der Waals surface area contributed by atoms with Gasteiger partial charge in [0.1, 0.15) is 6.61 Å². The smallest absolute Gasteiger partial charge is 0.338 e. The standard InChI is InChI=1S/C20H21NO4S/c22-20(25-15-7-10-17-8-2-1-3-9-17)18-11-6-12-19(16-18)26(23,24)21-13-4-5-14-21/h1-3,6-12,16H,4-5,13-15H2/b10-7+. The first kappa shape index (κ1) is 18.4. The van der Waals surface area contributed by atoms with Crippen LogP contribution in [-0.4, -0.2) is 38.4 Å². The molecular formula is C20H21NO4S. The summed E-state index contributed by atoms with van der Waals surface area (Å²) in [6.45, 7) is 1.18. The van der Waals surface area contributed by atoms with Gasteiger partial charge in [-0.25, -0.2) is 13.2 Å². The highest BCUT2D eigenvalue weighted by Gasteiger charge is 2.27. The molecule has 0 bridgehead atoms. The number of ether oxygens (including phenoxy) is 1. The molecule has 1 aliphatic rings. The zero-order valence-electron chi connectivity index (χ0n) is 14.4. The van der Waals surface area contributed by atoms with Gasteiger partial charge in [0.15, 0.2) is 0 Å². The monoisotopic (exact) mass is 371 g/mol. The molecule has 0 aromatic heterocycles. The number of benzene rings is 2. The topological polar surface area (TPSA) is 63.7 Å². The van der Waals surface area contributed by atoms with Gasteiger partial charge in [-0.15, -0.1) is 0 Å². The van der Waals surface area contributed by atoms with Gasteiger partial charge in [0.05, 0.1) is 10.5 Å². The van der Waals surface area contributed by atoms with Crippen molar-refractivity contribution in [2.24, 2.45) is 0 Å². The van der Waals surface area contributed by atoms with Gasteiger partial charge in [0, 0.05) is 13.1 Å². The SMILES string of the molecule is O=C(OC/C=C/c1ccccc1)c1cccc(S(=O)(=O)N2CCCC2)c1. The molecule has 1 heterocycles. The fourth-order valence-corrected chi connectivity index (χ4v) is 4.38. The molecule has 0 atom stereocenters. The third-order valence-electron chi connectivity index (χ3n) is 4.19. The van der Waals surface area contributed by atoms with E-state index in [2.05, 4.69) is 0 Å². The van der Waals surface area contributed by atoms with Crippen LogP contribution in [0.5, 0.6) is 0 Å². The molecule has 0 N–H and O–H groups in total. The summed E-state index contributed by atoms with van der Waals surface area (Å²) in [5.41, 5.74) is 1.25. The lowest BCUT2D eigenvalue weighted by molar-refractivity contribution is 0.0550. The summed E-state index contributed by atoms with van der Waals surface area (Å²) in [6.07, 6.45) is 5.35. The molecular weight excluding hydrogens is 350 g/mol. The maximum absolute atomic E-state index is 12.6. The fourth-order valence-electron chi connectivity index (χ4n) is 2.82. The molecule has 0 saturated carbocycles. The minimum atomic E-state index is -3.54. The van der Waals surface area contributed by atoms with E-state index < -0.39 is 16.0 Å². The third-order valence-corrected chi connectivity index (χ3v) is 6.09. The van der Waals surface area contributed by atoms with Crippen LogP contribution in [0.3, 0.4) is 0 Å². The molecule has 0 spiro atoms. The molecule has 1 aliphatic heterocycles. The van der Waals surface area contributed by atoms with Crippen molar-refractivity contribution in [3.05, 3.63) is 71.8 Å². The van der Waals surface area contributed by atoms with E-state index in [-0.39, 0.29) is 17.1 Å². The molecule has 2 aromatic rings. The second kappa shape index (κ2) is 8.29. The normalized spacial score (nSPS) is 15.4. The first-order chi connectivity index (χ1) is 12.6. The molecule has 2 aromatic carbocycles. The van der Waals surface area contributed by atoms with Crippen LogP contribution in [-0.2, 0) is 14.8 Å². The van der Waals surface area contributed by atoms with Crippen LogP contribution >= 0.6 is 0 Å². The Morgan fingerprint density at radius 3 is 2.50 bits per heavy atom. The molecule has 0 radical (unpaired) electrons. The van der Waals surface area contributed by atoms with E-state index >= 15 is 0 Å². The van der Waals surface area contributed by atoms with Gasteiger partial charge < -0.3 is 4.74 Å². The van der Waals surface area contributed by atoms with Crippen LogP contribution in [0.15, 0.2) is 65.6 Å². The molecule has 1 fully saturated rings. The predicted octanol–water partition coefficient (Wildman–Crippen LogP) is 3.34. The Morgan fingerprint density at radius 1 is 1.04 bits per heavy atom. The number of carbonyl (C=O) groups is 1. The molecule has 0 amide bonds. The number of carbonyl (C=O) groups excluding carboxylic acids is 1. The Labute approximate surface area is 154 Å². The summed E-state index contributed by atoms with van der Waals surface area (Å²) >= 11 is 0. The largest absolute Gasteiger partial charge is 0.458 e. The highest BCUT2D eigenvalue weighted by Crippen LogP contribution is 2.21. The number of rotatable bonds is 6. The van der Waals surface area contributed by atoms with Crippen LogP contribution in [0.2, 0.25) is 0 Å². The lowest BCUT2D eigenvalue weighted by Crippen LogP contribution is -2.28. The van der Waals surface area contributed by atoms with Gasteiger partial charge in [-0.05, 0) is 42.7 Å². The van der Waals surface area contributed by atoms with Crippen molar-refractivity contribution in [2.45, 2.75) is 17.7 Å². The number of nitrogens with zero attached hydrogens (tertiary/aromatic N) is 1. The van der Waals surface area contributed by atoms with Crippen LogP contribution in [0.25, 0.3) is 6.08 Å². The van der Waals surface area contributed by atoms with Gasteiger partial charge in [0.2, 0.25) is 10.0 Å². The average molecular weight is 371 g/mol. The summed E-state index contributed by atoms with van der Waals surface area (Å²) in [5, 5.41) is 0. The van der Waals surface area contributed by atoms with E-state index in [4.69, 9.17) is 4.74 Å². The molecule has 0 aliphatic carbocycles. The van der Waals surface area contributed by atoms with Crippen molar-refractivity contribution in [3.8, 4) is 0 Å². The van der Waals surface area contributed by atoms with Crippen molar-refractivity contribution in [2.75, 3.05) is 19.7 Å². The van der Waals surface area contributed by atoms with Crippen LogP contribution in [0.1, 0.15) is 28.8 Å². The zero-order chi connectivity index (χ0) is 18.4. The Morgan fingerprint density at radius 2 is 1.77 bits per heavy atom. The number of sulfonamides is 1. The zero-order valence-corrected chi connectivity index (χ0v) is 15.2. The summed E-state index contributed by atoms with van der Waals surface area (Å²) < 4.78 is 31.8. The number of hydrogen-bond acceptors (Lipinski definition) is 4. The Bertz CT molecular complexity index is 885. The maximum atomic E-state index is 12.6. The van der Waals surface area contributed by atoms with Gasteiger partial charge in [-0.1, -0.05) is 42.5 Å². The summed E-state index contributed by atoms with van der Waals surface area (Å²) in [7, 11) is -3.54. The molecule has 6 heteroatoms. The summed E-state index contributed by atoms with van der Waals surface area (Å²) in [4.78, 5) is 12.3. The van der Waals surface area contributed by atoms with Crippen LogP contribution in [0.4, 0.5) is 0 Å². The van der Waals surface area contributed by atoms with Crippen molar-refractivity contribution in [3.63, 3.8) is 0 Å². The maximum Gasteiger partial charge on any atom is 0.338 e. The highest BCUT2D eigenvalue weighted by molar-refractivity contribution is 7.89. The van der Waals surface area contributed by atoms with Gasteiger partial charge in [0.25, 0.3) is 0 Å². The minimum Gasteiger partial charge on any atom is -0.458 e. The second-order valence-electron chi connectivity index (χ2n) is 6.05. The van der Waals surface area contributed by atoms with Crippen molar-refractivity contribution >= 4 is 22.1 Å². The molecule has 136 valence electrons. The Kier molecular flexibility index (Phi) is 5.85. The van der Waals surface area contributed by atoms with Crippen LogP contribution < -0.4 is 0 Å². The molecule has 1 saturated heterocycles. The lowest BCUT2D eigenvalue weighted by Gasteiger charge is -2.15. The third kappa shape index (κ3) is 4.39. The average Bonchev–Trinajstić information content (AvgIpc) is 3.22. The highest BCUT2D eigenvalue weighted by atomic mass is 32.2. The summed E-state index contributed by atoms with van der Waals surface area (Å²) in [6, 6.07) is 15.7. The van der Waals surface area contributed by atoms with Crippen molar-refractivity contribution in [1.82, 2.24) is 4.31 Å². The minimum absolute atomic E-state index is 0.122. The van der Waals surface area contributed by atoms with Gasteiger partial charge in [-0.3, -0.25) is 0 Å². The molecule has 0 unspecified atom stereocenters. The van der Waals surface area contributed by atoms with E-state index in [0.717, 1.165) is 18.4 Å². The van der Waals surface area contributed by atoms with Crippen LogP contribution in [0, 0.1) is 0 Å². The molecule has 5 nitrogen and oxygen atoms in total. The van der Waals surface area contributed by atoms with E-state index in [1.165, 1.54) is 16.4 Å². The molecule has 3 rings (SSSR count). The Hall–Kier alpha value is -2.44. The molecule has 26 heavy (non-hydrogen) atoms. The lowest BCUT2D eigenvalue weighted by atomic mass is 10.2. The van der Waals surface area contributed by atoms with E-state index in [9.17, 15) is 13.2 Å². The first-order valence-electron chi connectivity index (χ1n) is 8.56. The Balaban J connectivity index is 1.64. The van der Waals surface area contributed by atoms with Gasteiger partial charge >= 0.3 is 5.97 Å². The second-order valence-corrected chi connectivity index (χ2v) is 7.99. The number of hydrogen-bond donors (Lipinski definition) is 0. The quantitative estimate of drug-likeness (QED) is 0.731. The van der Waals surface area contributed by atoms with E-state index in [0.29, 0.717) is 13.1 Å². The van der Waals surface area contributed by atoms with E-state index in [1.54, 1.807) is 18.2 Å². The van der Waals surface area contributed by atoms with Crippen molar-refractivity contribution < 1.29 is 17.9 Å². The number of esters is 1. The predicted molar refractivity (Wildman–Crippen MR) is 100 cm³/mol. The van der Waals surface area contributed by atoms with Crippen molar-refractivity contribution in [1.29, 1.82) is 0 Å².